The molecule has 5 nitrogen and oxygen atoms in total. The average Bonchev–Trinajstić information content (AvgIpc) is 3.07. The van der Waals surface area contributed by atoms with Gasteiger partial charge in [-0.25, -0.2) is 0 Å². The molecule has 132 valence electrons. The molecule has 0 aliphatic rings. The SMILES string of the molecule is CC(N)CCC(=O)N(Cc1ccccc1)CC(O)c1ccco1.Cl. The zero-order valence-corrected chi connectivity index (χ0v) is 14.6. The van der Waals surface area contributed by atoms with Gasteiger partial charge < -0.3 is 20.2 Å². The maximum Gasteiger partial charge on any atom is 0.223 e. The van der Waals surface area contributed by atoms with E-state index in [-0.39, 0.29) is 30.9 Å². The van der Waals surface area contributed by atoms with E-state index in [0.29, 0.717) is 25.1 Å². The lowest BCUT2D eigenvalue weighted by molar-refractivity contribution is -0.133. The van der Waals surface area contributed by atoms with E-state index in [0.717, 1.165) is 5.56 Å². The van der Waals surface area contributed by atoms with Gasteiger partial charge in [0.1, 0.15) is 11.9 Å². The van der Waals surface area contributed by atoms with Crippen molar-refractivity contribution < 1.29 is 14.3 Å². The molecule has 2 aromatic rings. The van der Waals surface area contributed by atoms with Crippen molar-refractivity contribution in [1.29, 1.82) is 0 Å². The van der Waals surface area contributed by atoms with E-state index in [4.69, 9.17) is 10.2 Å². The second-order valence-corrected chi connectivity index (χ2v) is 5.81. The third-order valence-electron chi connectivity index (χ3n) is 3.65. The van der Waals surface area contributed by atoms with Crippen LogP contribution in [0.1, 0.15) is 37.2 Å². The zero-order chi connectivity index (χ0) is 16.7. The normalized spacial score (nSPS) is 13.0. The van der Waals surface area contributed by atoms with Crippen molar-refractivity contribution in [2.75, 3.05) is 6.54 Å². The minimum atomic E-state index is -0.840. The van der Waals surface area contributed by atoms with Crippen LogP contribution in [-0.2, 0) is 11.3 Å². The number of rotatable bonds is 8. The first-order valence-corrected chi connectivity index (χ1v) is 7.85. The standard InChI is InChI=1S/C18H24N2O3.ClH/c1-14(19)9-10-18(22)20(12-15-6-3-2-4-7-15)13-16(21)17-8-5-11-23-17;/h2-8,11,14,16,21H,9-10,12-13,19H2,1H3;1H. The van der Waals surface area contributed by atoms with Crippen LogP contribution in [0.2, 0.25) is 0 Å². The van der Waals surface area contributed by atoms with Gasteiger partial charge in [-0.2, -0.15) is 0 Å². The van der Waals surface area contributed by atoms with E-state index in [9.17, 15) is 9.90 Å². The molecule has 1 aromatic carbocycles. The van der Waals surface area contributed by atoms with Crippen LogP contribution >= 0.6 is 12.4 Å². The third kappa shape index (κ3) is 6.35. The largest absolute Gasteiger partial charge is 0.467 e. The number of benzene rings is 1. The average molecular weight is 353 g/mol. The van der Waals surface area contributed by atoms with Gasteiger partial charge in [-0.1, -0.05) is 30.3 Å². The van der Waals surface area contributed by atoms with E-state index < -0.39 is 6.10 Å². The highest BCUT2D eigenvalue weighted by atomic mass is 35.5. The predicted molar refractivity (Wildman–Crippen MR) is 95.7 cm³/mol. The minimum absolute atomic E-state index is 0. The summed E-state index contributed by atoms with van der Waals surface area (Å²) in [6, 6.07) is 13.1. The molecule has 2 rings (SSSR count). The van der Waals surface area contributed by atoms with Crippen LogP contribution in [0, 0.1) is 0 Å². The second-order valence-electron chi connectivity index (χ2n) is 5.81. The third-order valence-corrected chi connectivity index (χ3v) is 3.65. The number of halogens is 1. The molecule has 24 heavy (non-hydrogen) atoms. The molecule has 1 amide bonds. The molecule has 0 radical (unpaired) electrons. The summed E-state index contributed by atoms with van der Waals surface area (Å²) in [7, 11) is 0. The van der Waals surface area contributed by atoms with Gasteiger partial charge in [-0.05, 0) is 31.0 Å². The highest BCUT2D eigenvalue weighted by molar-refractivity contribution is 5.85. The van der Waals surface area contributed by atoms with Crippen LogP contribution < -0.4 is 5.73 Å². The number of hydrogen-bond donors (Lipinski definition) is 2. The van der Waals surface area contributed by atoms with E-state index in [2.05, 4.69) is 0 Å². The Kier molecular flexibility index (Phi) is 8.54. The van der Waals surface area contributed by atoms with Crippen molar-refractivity contribution in [3.8, 4) is 0 Å². The summed E-state index contributed by atoms with van der Waals surface area (Å²) >= 11 is 0. The number of carbonyl (C=O) groups excluding carboxylic acids is 1. The molecule has 2 unspecified atom stereocenters. The van der Waals surface area contributed by atoms with Gasteiger partial charge in [0.25, 0.3) is 0 Å². The summed E-state index contributed by atoms with van der Waals surface area (Å²) in [5, 5.41) is 10.3. The smallest absolute Gasteiger partial charge is 0.223 e. The van der Waals surface area contributed by atoms with Crippen molar-refractivity contribution in [1.82, 2.24) is 4.90 Å². The molecular weight excluding hydrogens is 328 g/mol. The van der Waals surface area contributed by atoms with Crippen LogP contribution in [0.3, 0.4) is 0 Å². The molecule has 0 saturated heterocycles. The predicted octanol–water partition coefficient (Wildman–Crippen LogP) is 2.89. The number of aliphatic hydroxyl groups is 1. The first-order chi connectivity index (χ1) is 11.1. The lowest BCUT2D eigenvalue weighted by Crippen LogP contribution is -2.35. The fraction of sp³-hybridized carbons (Fsp3) is 0.389. The maximum atomic E-state index is 12.5. The Morgan fingerprint density at radius 2 is 1.96 bits per heavy atom. The molecule has 0 spiro atoms. The highest BCUT2D eigenvalue weighted by Crippen LogP contribution is 2.17. The summed E-state index contributed by atoms with van der Waals surface area (Å²) in [6.07, 6.45) is 1.67. The van der Waals surface area contributed by atoms with Crippen molar-refractivity contribution in [3.63, 3.8) is 0 Å². The molecule has 1 aromatic heterocycles. The van der Waals surface area contributed by atoms with Crippen molar-refractivity contribution >= 4 is 18.3 Å². The van der Waals surface area contributed by atoms with Crippen molar-refractivity contribution in [3.05, 3.63) is 60.1 Å². The van der Waals surface area contributed by atoms with Gasteiger partial charge in [0, 0.05) is 19.0 Å². The summed E-state index contributed by atoms with van der Waals surface area (Å²) in [6.45, 7) is 2.53. The summed E-state index contributed by atoms with van der Waals surface area (Å²) in [4.78, 5) is 14.1. The van der Waals surface area contributed by atoms with Crippen molar-refractivity contribution in [2.24, 2.45) is 5.73 Å². The Labute approximate surface area is 148 Å². The van der Waals surface area contributed by atoms with E-state index in [1.54, 1.807) is 17.0 Å². The number of hydrogen-bond acceptors (Lipinski definition) is 4. The Bertz CT molecular complexity index is 588. The quantitative estimate of drug-likeness (QED) is 0.765. The maximum absolute atomic E-state index is 12.5. The van der Waals surface area contributed by atoms with Crippen LogP contribution in [0.5, 0.6) is 0 Å². The van der Waals surface area contributed by atoms with Crippen LogP contribution in [0.4, 0.5) is 0 Å². The van der Waals surface area contributed by atoms with Crippen LogP contribution in [-0.4, -0.2) is 28.5 Å². The lowest BCUT2D eigenvalue weighted by atomic mass is 10.1. The molecule has 6 heteroatoms. The van der Waals surface area contributed by atoms with Gasteiger partial charge in [-0.3, -0.25) is 4.79 Å². The van der Waals surface area contributed by atoms with Gasteiger partial charge in [-0.15, -0.1) is 12.4 Å². The number of amides is 1. The van der Waals surface area contributed by atoms with Crippen LogP contribution in [0.15, 0.2) is 53.1 Å². The Balaban J connectivity index is 0.00000288. The summed E-state index contributed by atoms with van der Waals surface area (Å²) in [5.74, 6) is 0.444. The van der Waals surface area contributed by atoms with Gasteiger partial charge in [0.15, 0.2) is 0 Å². The molecule has 2 atom stereocenters. The number of aliphatic hydroxyl groups excluding tert-OH is 1. The minimum Gasteiger partial charge on any atom is -0.467 e. The Hall–Kier alpha value is -1.82. The Morgan fingerprint density at radius 3 is 2.54 bits per heavy atom. The number of furan rings is 1. The monoisotopic (exact) mass is 352 g/mol. The molecule has 0 bridgehead atoms. The molecule has 1 heterocycles. The first kappa shape index (κ1) is 20.2. The summed E-state index contributed by atoms with van der Waals surface area (Å²) in [5.41, 5.74) is 6.76. The fourth-order valence-electron chi connectivity index (χ4n) is 2.35. The fourth-order valence-corrected chi connectivity index (χ4v) is 2.35. The Morgan fingerprint density at radius 1 is 1.25 bits per heavy atom. The van der Waals surface area contributed by atoms with E-state index in [1.807, 2.05) is 37.3 Å². The first-order valence-electron chi connectivity index (χ1n) is 7.85. The number of nitrogens with two attached hydrogens (primary N) is 1. The highest BCUT2D eigenvalue weighted by Gasteiger charge is 2.20. The lowest BCUT2D eigenvalue weighted by Gasteiger charge is -2.25. The molecule has 0 fully saturated rings. The van der Waals surface area contributed by atoms with Gasteiger partial charge in [0.05, 0.1) is 12.8 Å². The van der Waals surface area contributed by atoms with Crippen molar-refractivity contribution in [2.45, 2.75) is 38.5 Å². The summed E-state index contributed by atoms with van der Waals surface area (Å²) < 4.78 is 5.22. The molecule has 0 saturated carbocycles. The van der Waals surface area contributed by atoms with E-state index >= 15 is 0 Å². The second kappa shape index (κ2) is 10.1. The molecule has 0 aliphatic heterocycles. The topological polar surface area (TPSA) is 79.7 Å². The van der Waals surface area contributed by atoms with Gasteiger partial charge in [0.2, 0.25) is 5.91 Å². The molecule has 0 aliphatic carbocycles. The molecule has 3 N–H and O–H groups in total. The number of carbonyl (C=O) groups is 1. The molecular formula is C18H25ClN2O3. The number of nitrogens with zero attached hydrogens (tertiary/aromatic N) is 1. The van der Waals surface area contributed by atoms with Gasteiger partial charge >= 0.3 is 0 Å². The van der Waals surface area contributed by atoms with Crippen LogP contribution in [0.25, 0.3) is 0 Å². The van der Waals surface area contributed by atoms with E-state index in [1.165, 1.54) is 6.26 Å². The zero-order valence-electron chi connectivity index (χ0n) is 13.8.